The number of aromatic nitrogens is 2. The minimum Gasteiger partial charge on any atom is -0.353 e. The molecule has 21 heavy (non-hydrogen) atoms. The van der Waals surface area contributed by atoms with Crippen LogP contribution in [0.3, 0.4) is 0 Å². The second-order valence-electron chi connectivity index (χ2n) is 6.15. The van der Waals surface area contributed by atoms with Crippen LogP contribution in [0, 0.1) is 5.92 Å². The van der Waals surface area contributed by atoms with Gasteiger partial charge in [-0.05, 0) is 37.8 Å². The van der Waals surface area contributed by atoms with Crippen molar-refractivity contribution in [2.75, 3.05) is 18.0 Å². The van der Waals surface area contributed by atoms with Crippen molar-refractivity contribution in [2.45, 2.75) is 31.7 Å². The molecule has 2 fully saturated rings. The third-order valence-electron chi connectivity index (χ3n) is 4.39. The molecular formula is C16H20N4O. The highest BCUT2D eigenvalue weighted by molar-refractivity contribution is 5.81. The van der Waals surface area contributed by atoms with E-state index in [4.69, 9.17) is 0 Å². The van der Waals surface area contributed by atoms with Crippen LogP contribution in [-0.2, 0) is 4.79 Å². The molecule has 0 radical (unpaired) electrons. The number of H-pyrrole nitrogens is 1. The van der Waals surface area contributed by atoms with Crippen molar-refractivity contribution in [3.63, 3.8) is 0 Å². The number of nitrogens with zero attached hydrogens (tertiary/aromatic N) is 2. The monoisotopic (exact) mass is 284 g/mol. The van der Waals surface area contributed by atoms with Crippen LogP contribution < -0.4 is 10.2 Å². The molecule has 2 N–H and O–H groups in total. The summed E-state index contributed by atoms with van der Waals surface area (Å²) in [6, 6.07) is 8.49. The van der Waals surface area contributed by atoms with Crippen molar-refractivity contribution in [3.8, 4) is 0 Å². The molecule has 1 amide bonds. The third-order valence-corrected chi connectivity index (χ3v) is 4.39. The van der Waals surface area contributed by atoms with E-state index in [0.717, 1.165) is 55.8 Å². The number of carbonyl (C=O) groups excluding carboxylic acids is 1. The summed E-state index contributed by atoms with van der Waals surface area (Å²) >= 11 is 0. The standard InChI is InChI=1S/C16H20N4O/c21-15(17-12-7-8-12)11-4-3-9-20(10-11)16-18-13-5-1-2-6-14(13)19-16/h1-2,5-6,11-12H,3-4,7-10H2,(H,17,21)(H,18,19). The predicted molar refractivity (Wildman–Crippen MR) is 82.2 cm³/mol. The number of rotatable bonds is 3. The number of para-hydroxylation sites is 2. The number of nitrogens with one attached hydrogen (secondary N) is 2. The molecule has 0 spiro atoms. The van der Waals surface area contributed by atoms with Gasteiger partial charge < -0.3 is 15.2 Å². The number of amides is 1. The van der Waals surface area contributed by atoms with Crippen LogP contribution in [0.1, 0.15) is 25.7 Å². The number of carbonyl (C=O) groups is 1. The number of hydrogen-bond acceptors (Lipinski definition) is 3. The summed E-state index contributed by atoms with van der Waals surface area (Å²) < 4.78 is 0. The maximum Gasteiger partial charge on any atom is 0.225 e. The Morgan fingerprint density at radius 1 is 1.29 bits per heavy atom. The van der Waals surface area contributed by atoms with Crippen molar-refractivity contribution in [2.24, 2.45) is 5.92 Å². The Bertz CT molecular complexity index is 628. The lowest BCUT2D eigenvalue weighted by atomic mass is 9.97. The molecule has 5 nitrogen and oxygen atoms in total. The minimum absolute atomic E-state index is 0.0903. The molecule has 1 aliphatic heterocycles. The lowest BCUT2D eigenvalue weighted by Gasteiger charge is -2.31. The number of imidazole rings is 1. The summed E-state index contributed by atoms with van der Waals surface area (Å²) in [4.78, 5) is 22.4. The highest BCUT2D eigenvalue weighted by Gasteiger charge is 2.31. The fraction of sp³-hybridized carbons (Fsp3) is 0.500. The number of fused-ring (bicyclic) bond motifs is 1. The molecule has 2 heterocycles. The predicted octanol–water partition coefficient (Wildman–Crippen LogP) is 2.06. The molecule has 4 rings (SSSR count). The Morgan fingerprint density at radius 2 is 2.14 bits per heavy atom. The molecule has 1 aliphatic carbocycles. The van der Waals surface area contributed by atoms with Gasteiger partial charge in [0.25, 0.3) is 0 Å². The zero-order valence-electron chi connectivity index (χ0n) is 12.0. The molecule has 1 atom stereocenters. The van der Waals surface area contributed by atoms with Gasteiger partial charge in [-0.15, -0.1) is 0 Å². The van der Waals surface area contributed by atoms with Gasteiger partial charge >= 0.3 is 0 Å². The van der Waals surface area contributed by atoms with Crippen LogP contribution in [0.25, 0.3) is 11.0 Å². The molecule has 1 aromatic heterocycles. The first-order valence-corrected chi connectivity index (χ1v) is 7.80. The maximum atomic E-state index is 12.2. The van der Waals surface area contributed by atoms with Crippen LogP contribution in [-0.4, -0.2) is 35.0 Å². The average Bonchev–Trinajstić information content (AvgIpc) is 3.22. The van der Waals surface area contributed by atoms with Crippen molar-refractivity contribution < 1.29 is 4.79 Å². The summed E-state index contributed by atoms with van der Waals surface area (Å²) in [5, 5.41) is 3.13. The molecular weight excluding hydrogens is 264 g/mol. The maximum absolute atomic E-state index is 12.2. The van der Waals surface area contributed by atoms with E-state index < -0.39 is 0 Å². The summed E-state index contributed by atoms with van der Waals surface area (Å²) in [5.41, 5.74) is 2.04. The largest absolute Gasteiger partial charge is 0.353 e. The lowest BCUT2D eigenvalue weighted by Crippen LogP contribution is -2.44. The topological polar surface area (TPSA) is 61.0 Å². The van der Waals surface area contributed by atoms with Crippen molar-refractivity contribution in [1.29, 1.82) is 0 Å². The number of piperidine rings is 1. The highest BCUT2D eigenvalue weighted by atomic mass is 16.2. The van der Waals surface area contributed by atoms with Gasteiger partial charge in [-0.25, -0.2) is 4.98 Å². The first-order valence-electron chi connectivity index (χ1n) is 7.80. The number of aromatic amines is 1. The Morgan fingerprint density at radius 3 is 2.95 bits per heavy atom. The highest BCUT2D eigenvalue weighted by Crippen LogP contribution is 2.25. The van der Waals surface area contributed by atoms with E-state index >= 15 is 0 Å². The van der Waals surface area contributed by atoms with Crippen molar-refractivity contribution in [3.05, 3.63) is 24.3 Å². The normalized spacial score (nSPS) is 22.5. The smallest absolute Gasteiger partial charge is 0.225 e. The van der Waals surface area contributed by atoms with Gasteiger partial charge in [0, 0.05) is 19.1 Å². The molecule has 1 saturated heterocycles. The Balaban J connectivity index is 1.50. The Labute approximate surface area is 123 Å². The first kappa shape index (κ1) is 12.7. The summed E-state index contributed by atoms with van der Waals surface area (Å²) in [6.07, 6.45) is 4.31. The van der Waals surface area contributed by atoms with Crippen LogP contribution in [0.5, 0.6) is 0 Å². The summed E-state index contributed by atoms with van der Waals surface area (Å²) in [7, 11) is 0. The first-order chi connectivity index (χ1) is 10.3. The van der Waals surface area contributed by atoms with Crippen LogP contribution in [0.15, 0.2) is 24.3 Å². The van der Waals surface area contributed by atoms with Crippen LogP contribution >= 0.6 is 0 Å². The zero-order valence-corrected chi connectivity index (χ0v) is 12.0. The number of anilines is 1. The van der Waals surface area contributed by atoms with Gasteiger partial charge in [-0.3, -0.25) is 4.79 Å². The van der Waals surface area contributed by atoms with E-state index in [1.165, 1.54) is 0 Å². The fourth-order valence-corrected chi connectivity index (χ4v) is 3.02. The molecule has 110 valence electrons. The minimum atomic E-state index is 0.0903. The van der Waals surface area contributed by atoms with Gasteiger partial charge in [0.15, 0.2) is 0 Å². The van der Waals surface area contributed by atoms with E-state index in [1.807, 2.05) is 24.3 Å². The summed E-state index contributed by atoms with van der Waals surface area (Å²) in [5.74, 6) is 1.20. The van der Waals surface area contributed by atoms with Crippen LogP contribution in [0.2, 0.25) is 0 Å². The van der Waals surface area contributed by atoms with Gasteiger partial charge in [0.1, 0.15) is 0 Å². The second-order valence-corrected chi connectivity index (χ2v) is 6.15. The molecule has 5 heteroatoms. The molecule has 1 unspecified atom stereocenters. The Kier molecular flexibility index (Phi) is 3.05. The van der Waals surface area contributed by atoms with Gasteiger partial charge in [-0.2, -0.15) is 0 Å². The number of benzene rings is 1. The number of hydrogen-bond donors (Lipinski definition) is 2. The molecule has 2 aliphatic rings. The molecule has 0 bridgehead atoms. The van der Waals surface area contributed by atoms with Crippen molar-refractivity contribution >= 4 is 22.9 Å². The molecule has 1 aromatic carbocycles. The van der Waals surface area contributed by atoms with Gasteiger partial charge in [0.2, 0.25) is 11.9 Å². The lowest BCUT2D eigenvalue weighted by molar-refractivity contribution is -0.125. The average molecular weight is 284 g/mol. The molecule has 2 aromatic rings. The second kappa shape index (κ2) is 5.06. The fourth-order valence-electron chi connectivity index (χ4n) is 3.02. The zero-order chi connectivity index (χ0) is 14.2. The van der Waals surface area contributed by atoms with E-state index in [-0.39, 0.29) is 11.8 Å². The van der Waals surface area contributed by atoms with E-state index in [1.54, 1.807) is 0 Å². The van der Waals surface area contributed by atoms with Gasteiger partial charge in [-0.1, -0.05) is 12.1 Å². The van der Waals surface area contributed by atoms with E-state index in [2.05, 4.69) is 20.2 Å². The SMILES string of the molecule is O=C(NC1CC1)C1CCCN(c2nc3ccccc3[nH]2)C1. The van der Waals surface area contributed by atoms with Crippen LogP contribution in [0.4, 0.5) is 5.95 Å². The van der Waals surface area contributed by atoms with Crippen molar-refractivity contribution in [1.82, 2.24) is 15.3 Å². The van der Waals surface area contributed by atoms with E-state index in [9.17, 15) is 4.79 Å². The quantitative estimate of drug-likeness (QED) is 0.907. The van der Waals surface area contributed by atoms with Gasteiger partial charge in [0.05, 0.1) is 17.0 Å². The molecule has 1 saturated carbocycles. The summed E-state index contributed by atoms with van der Waals surface area (Å²) in [6.45, 7) is 1.73. The van der Waals surface area contributed by atoms with E-state index in [0.29, 0.717) is 6.04 Å². The third kappa shape index (κ3) is 2.60. The Hall–Kier alpha value is -2.04.